The molecule has 0 saturated carbocycles. The van der Waals surface area contributed by atoms with Crippen molar-refractivity contribution in [1.82, 2.24) is 4.31 Å². The van der Waals surface area contributed by atoms with E-state index in [9.17, 15) is 8.42 Å². The third-order valence-corrected chi connectivity index (χ3v) is 5.75. The van der Waals surface area contributed by atoms with Crippen LogP contribution >= 0.6 is 0 Å². The summed E-state index contributed by atoms with van der Waals surface area (Å²) >= 11 is 0. The quantitative estimate of drug-likeness (QED) is 0.687. The van der Waals surface area contributed by atoms with Crippen LogP contribution in [0, 0.1) is 19.3 Å². The minimum absolute atomic E-state index is 0.228. The van der Waals surface area contributed by atoms with Gasteiger partial charge in [-0.2, -0.15) is 4.31 Å². The maximum atomic E-state index is 13.0. The smallest absolute Gasteiger partial charge is 0.207 e. The van der Waals surface area contributed by atoms with Gasteiger partial charge >= 0.3 is 0 Å². The van der Waals surface area contributed by atoms with Crippen LogP contribution in [0.1, 0.15) is 18.1 Å². The molecule has 0 atom stereocenters. The minimum Gasteiger partial charge on any atom is -0.207 e. The molecule has 0 aliphatic carbocycles. The summed E-state index contributed by atoms with van der Waals surface area (Å²) in [5.41, 5.74) is 2.75. The molecule has 3 nitrogen and oxygen atoms in total. The van der Waals surface area contributed by atoms with E-state index < -0.39 is 10.0 Å². The molecule has 0 radical (unpaired) electrons. The zero-order chi connectivity index (χ0) is 19.0. The Bertz CT molecular complexity index is 918. The maximum absolute atomic E-state index is 13.0. The zero-order valence-electron chi connectivity index (χ0n) is 15.1. The molecule has 0 aliphatic heterocycles. The highest BCUT2D eigenvalue weighted by atomic mass is 32.2. The minimum atomic E-state index is -3.61. The highest BCUT2D eigenvalue weighted by molar-refractivity contribution is 7.89. The average Bonchev–Trinajstić information content (AvgIpc) is 2.65. The maximum Gasteiger partial charge on any atom is 0.243 e. The monoisotopic (exact) mass is 365 g/mol. The Balaban J connectivity index is 2.26. The molecule has 0 spiro atoms. The number of terminal acetylenes is 1. The fraction of sp³-hybridized carbons (Fsp3) is 0.182. The van der Waals surface area contributed by atoms with Crippen LogP contribution in [0.3, 0.4) is 0 Å². The molecular weight excluding hydrogens is 342 g/mol. The Hall–Kier alpha value is -2.61. The molecule has 134 valence electrons. The Morgan fingerprint density at radius 2 is 1.73 bits per heavy atom. The Morgan fingerprint density at radius 3 is 2.35 bits per heavy atom. The number of sulfonamides is 1. The summed E-state index contributed by atoms with van der Waals surface area (Å²) in [6.07, 6.45) is 10.9. The Kier molecular flexibility index (Phi) is 6.97. The van der Waals surface area contributed by atoms with E-state index in [1.165, 1.54) is 4.31 Å². The number of rotatable bonds is 7. The van der Waals surface area contributed by atoms with Gasteiger partial charge < -0.3 is 0 Å². The highest BCUT2D eigenvalue weighted by Crippen LogP contribution is 2.17. The second-order valence-corrected chi connectivity index (χ2v) is 7.92. The van der Waals surface area contributed by atoms with Crippen LogP contribution in [-0.2, 0) is 10.0 Å². The van der Waals surface area contributed by atoms with Crippen LogP contribution in [0.4, 0.5) is 0 Å². The van der Waals surface area contributed by atoms with E-state index >= 15 is 0 Å². The van der Waals surface area contributed by atoms with Crippen LogP contribution in [0.2, 0.25) is 0 Å². The van der Waals surface area contributed by atoms with E-state index in [0.29, 0.717) is 5.57 Å². The molecule has 0 aromatic heterocycles. The van der Waals surface area contributed by atoms with Crippen molar-refractivity contribution in [1.29, 1.82) is 0 Å². The summed E-state index contributed by atoms with van der Waals surface area (Å²) in [6.45, 7) is 4.21. The summed E-state index contributed by atoms with van der Waals surface area (Å²) in [6, 6.07) is 16.6. The fourth-order valence-electron chi connectivity index (χ4n) is 2.30. The van der Waals surface area contributed by atoms with E-state index in [4.69, 9.17) is 6.42 Å². The van der Waals surface area contributed by atoms with Crippen molar-refractivity contribution < 1.29 is 8.42 Å². The van der Waals surface area contributed by atoms with Crippen LogP contribution in [0.5, 0.6) is 0 Å². The lowest BCUT2D eigenvalue weighted by atomic mass is 10.2. The van der Waals surface area contributed by atoms with Gasteiger partial charge in [0.1, 0.15) is 0 Å². The standard InChI is InChI=1S/C22H23NO2S/c1-4-19(2)16-18-23(17-8-11-21-9-6-5-7-10-21)26(24,25)22-14-12-20(3)13-15-22/h1,5-16H,17-18H2,2-3H3/b11-8+,19-16-. The largest absolute Gasteiger partial charge is 0.243 e. The van der Waals surface area contributed by atoms with E-state index in [1.54, 1.807) is 37.3 Å². The van der Waals surface area contributed by atoms with E-state index in [0.717, 1.165) is 11.1 Å². The van der Waals surface area contributed by atoms with Gasteiger partial charge in [0.05, 0.1) is 4.90 Å². The number of benzene rings is 2. The first-order valence-electron chi connectivity index (χ1n) is 8.35. The Labute approximate surface area is 156 Å². The van der Waals surface area contributed by atoms with Crippen molar-refractivity contribution in [3.8, 4) is 12.3 Å². The van der Waals surface area contributed by atoms with E-state index in [2.05, 4.69) is 5.92 Å². The van der Waals surface area contributed by atoms with Gasteiger partial charge in [-0.3, -0.25) is 0 Å². The van der Waals surface area contributed by atoms with Crippen molar-refractivity contribution in [3.63, 3.8) is 0 Å². The van der Waals surface area contributed by atoms with Gasteiger partial charge in [0.25, 0.3) is 0 Å². The topological polar surface area (TPSA) is 37.4 Å². The lowest BCUT2D eigenvalue weighted by Gasteiger charge is -2.19. The predicted octanol–water partition coefficient (Wildman–Crippen LogP) is 4.28. The van der Waals surface area contributed by atoms with Gasteiger partial charge in [-0.05, 0) is 37.1 Å². The second-order valence-electron chi connectivity index (χ2n) is 5.98. The molecule has 0 fully saturated rings. The number of allylic oxidation sites excluding steroid dienone is 1. The number of hydrogen-bond donors (Lipinski definition) is 0. The van der Waals surface area contributed by atoms with Crippen LogP contribution in [0.15, 0.2) is 77.2 Å². The molecule has 0 heterocycles. The first-order valence-corrected chi connectivity index (χ1v) is 9.79. The van der Waals surface area contributed by atoms with Crippen molar-refractivity contribution in [3.05, 3.63) is 83.4 Å². The van der Waals surface area contributed by atoms with Gasteiger partial charge in [-0.1, -0.05) is 72.2 Å². The van der Waals surface area contributed by atoms with Gasteiger partial charge in [-0.25, -0.2) is 8.42 Å². The normalized spacial score (nSPS) is 12.5. The SMILES string of the molecule is C#C/C(C)=C\CN(C/C=C/c1ccccc1)S(=O)(=O)c1ccc(C)cc1. The van der Waals surface area contributed by atoms with Crippen molar-refractivity contribution in [2.45, 2.75) is 18.7 Å². The number of aryl methyl sites for hydroxylation is 1. The van der Waals surface area contributed by atoms with Crippen LogP contribution in [0.25, 0.3) is 6.08 Å². The van der Waals surface area contributed by atoms with Gasteiger partial charge in [-0.15, -0.1) is 6.42 Å². The molecule has 2 aromatic carbocycles. The molecule has 4 heteroatoms. The third-order valence-electron chi connectivity index (χ3n) is 3.91. The van der Waals surface area contributed by atoms with Crippen molar-refractivity contribution >= 4 is 16.1 Å². The van der Waals surface area contributed by atoms with Crippen molar-refractivity contribution in [2.75, 3.05) is 13.1 Å². The van der Waals surface area contributed by atoms with Crippen LogP contribution < -0.4 is 0 Å². The molecule has 26 heavy (non-hydrogen) atoms. The summed E-state index contributed by atoms with van der Waals surface area (Å²) in [5.74, 6) is 2.52. The van der Waals surface area contributed by atoms with Gasteiger partial charge in [0, 0.05) is 13.1 Å². The van der Waals surface area contributed by atoms with Gasteiger partial charge in [0.2, 0.25) is 10.0 Å². The molecule has 2 rings (SSSR count). The fourth-order valence-corrected chi connectivity index (χ4v) is 3.63. The molecule has 2 aromatic rings. The first-order chi connectivity index (χ1) is 12.4. The molecule has 0 amide bonds. The highest BCUT2D eigenvalue weighted by Gasteiger charge is 2.22. The first kappa shape index (κ1) is 19.7. The predicted molar refractivity (Wildman–Crippen MR) is 108 cm³/mol. The summed E-state index contributed by atoms with van der Waals surface area (Å²) < 4.78 is 27.4. The second kappa shape index (κ2) is 9.19. The summed E-state index contributed by atoms with van der Waals surface area (Å²) in [4.78, 5) is 0.281. The Morgan fingerprint density at radius 1 is 1.08 bits per heavy atom. The molecular formula is C22H23NO2S. The average molecular weight is 365 g/mol. The summed E-state index contributed by atoms with van der Waals surface area (Å²) in [7, 11) is -3.61. The lowest BCUT2D eigenvalue weighted by molar-refractivity contribution is 0.474. The molecule has 0 unspecified atom stereocenters. The van der Waals surface area contributed by atoms with E-state index in [1.807, 2.05) is 49.4 Å². The van der Waals surface area contributed by atoms with Gasteiger partial charge in [0.15, 0.2) is 0 Å². The van der Waals surface area contributed by atoms with Crippen molar-refractivity contribution in [2.24, 2.45) is 0 Å². The molecule has 0 saturated heterocycles. The lowest BCUT2D eigenvalue weighted by Crippen LogP contribution is -2.31. The zero-order valence-corrected chi connectivity index (χ0v) is 15.9. The number of nitrogens with zero attached hydrogens (tertiary/aromatic N) is 1. The number of hydrogen-bond acceptors (Lipinski definition) is 2. The van der Waals surface area contributed by atoms with Crippen LogP contribution in [-0.4, -0.2) is 25.8 Å². The summed E-state index contributed by atoms with van der Waals surface area (Å²) in [5, 5.41) is 0. The molecule has 0 N–H and O–H groups in total. The third kappa shape index (κ3) is 5.45. The van der Waals surface area contributed by atoms with E-state index in [-0.39, 0.29) is 18.0 Å². The molecule has 0 aliphatic rings. The molecule has 0 bridgehead atoms.